The van der Waals surface area contributed by atoms with Gasteiger partial charge >= 0.3 is 5.97 Å². The average molecular weight is 173 g/mol. The quantitative estimate of drug-likeness (QED) is 0.287. The minimum absolute atomic E-state index is 0.318. The summed E-state index contributed by atoms with van der Waals surface area (Å²) in [5.74, 6) is -0.365. The van der Waals surface area contributed by atoms with E-state index in [2.05, 4.69) is 24.1 Å². The van der Waals surface area contributed by atoms with Gasteiger partial charge in [-0.25, -0.2) is 4.79 Å². The molecule has 11 heavy (non-hydrogen) atoms. The minimum Gasteiger partial charge on any atom is -0.460 e. The lowest BCUT2D eigenvalue weighted by Crippen LogP contribution is -2.19. The number of ether oxygens (including phenoxy) is 1. The number of hydrogen-bond donors (Lipinski definition) is 1. The lowest BCUT2D eigenvalue weighted by atomic mass is 10.4. The summed E-state index contributed by atoms with van der Waals surface area (Å²) in [5, 5.41) is 2.73. The molecule has 4 heteroatoms. The molecular weight excluding hydrogens is 162 g/mol. The zero-order valence-corrected chi connectivity index (χ0v) is 7.24. The number of carbonyl (C=O) groups is 1. The first kappa shape index (κ1) is 10.1. The lowest BCUT2D eigenvalue weighted by molar-refractivity contribution is -0.138. The van der Waals surface area contributed by atoms with E-state index in [4.69, 9.17) is 4.74 Å². The van der Waals surface area contributed by atoms with Crippen LogP contribution in [0.2, 0.25) is 0 Å². The van der Waals surface area contributed by atoms with Crippen LogP contribution in [-0.2, 0) is 9.53 Å². The Bertz CT molecular complexity index is 168. The van der Waals surface area contributed by atoms with Crippen molar-refractivity contribution in [1.82, 2.24) is 5.32 Å². The first-order valence-electron chi connectivity index (χ1n) is 3.18. The predicted molar refractivity (Wildman–Crippen MR) is 47.4 cm³/mol. The molecule has 1 N–H and O–H groups in total. The molecule has 0 atom stereocenters. The number of rotatable bonds is 5. The van der Waals surface area contributed by atoms with Gasteiger partial charge in [0.05, 0.1) is 5.49 Å². The zero-order valence-electron chi connectivity index (χ0n) is 6.42. The highest BCUT2D eigenvalue weighted by atomic mass is 32.1. The number of esters is 1. The molecular formula is C7H11NO2S. The predicted octanol–water partition coefficient (Wildman–Crippen LogP) is 0.653. The fourth-order valence-corrected chi connectivity index (χ4v) is 0.503. The van der Waals surface area contributed by atoms with Crippen molar-refractivity contribution < 1.29 is 9.53 Å². The van der Waals surface area contributed by atoms with Crippen LogP contribution in [0.25, 0.3) is 0 Å². The molecule has 0 fully saturated rings. The third-order valence-electron chi connectivity index (χ3n) is 0.911. The highest BCUT2D eigenvalue weighted by Crippen LogP contribution is 1.90. The van der Waals surface area contributed by atoms with Gasteiger partial charge in [-0.1, -0.05) is 18.8 Å². The summed E-state index contributed by atoms with van der Waals surface area (Å²) >= 11 is 4.49. The molecule has 0 heterocycles. The van der Waals surface area contributed by atoms with E-state index < -0.39 is 0 Å². The fraction of sp³-hybridized carbons (Fsp3) is 0.429. The molecule has 62 valence electrons. The summed E-state index contributed by atoms with van der Waals surface area (Å²) in [6.07, 6.45) is 0. The summed E-state index contributed by atoms with van der Waals surface area (Å²) in [6.45, 7) is 5.90. The summed E-state index contributed by atoms with van der Waals surface area (Å²) in [4.78, 5) is 10.7. The van der Waals surface area contributed by atoms with Crippen molar-refractivity contribution in [2.24, 2.45) is 0 Å². The van der Waals surface area contributed by atoms with Crippen LogP contribution in [0.1, 0.15) is 6.92 Å². The number of hydrogen-bond acceptors (Lipinski definition) is 3. The van der Waals surface area contributed by atoms with E-state index >= 15 is 0 Å². The molecule has 0 amide bonds. The summed E-state index contributed by atoms with van der Waals surface area (Å²) in [7, 11) is 0. The van der Waals surface area contributed by atoms with Gasteiger partial charge in [-0.2, -0.15) is 0 Å². The van der Waals surface area contributed by atoms with Gasteiger partial charge in [-0.15, -0.1) is 0 Å². The van der Waals surface area contributed by atoms with Crippen LogP contribution < -0.4 is 5.32 Å². The molecule has 0 rings (SSSR count). The largest absolute Gasteiger partial charge is 0.460 e. The smallest absolute Gasteiger partial charge is 0.333 e. The molecule has 0 aliphatic carbocycles. The second-order valence-corrected chi connectivity index (χ2v) is 2.22. The fourth-order valence-electron chi connectivity index (χ4n) is 0.385. The van der Waals surface area contributed by atoms with Crippen molar-refractivity contribution in [3.63, 3.8) is 0 Å². The van der Waals surface area contributed by atoms with Crippen LogP contribution >= 0.6 is 12.2 Å². The van der Waals surface area contributed by atoms with Gasteiger partial charge in [0.15, 0.2) is 0 Å². The maximum Gasteiger partial charge on any atom is 0.333 e. The molecule has 0 saturated carbocycles. The molecule has 0 bridgehead atoms. The van der Waals surface area contributed by atoms with Gasteiger partial charge in [0, 0.05) is 12.1 Å². The molecule has 0 aromatic rings. The Balaban J connectivity index is 3.31. The number of thiocarbonyl (C=S) groups is 1. The molecule has 0 aliphatic heterocycles. The third-order valence-corrected chi connectivity index (χ3v) is 1.08. The van der Waals surface area contributed by atoms with E-state index in [1.807, 2.05) is 0 Å². The molecule has 0 aliphatic rings. The lowest BCUT2D eigenvalue weighted by Gasteiger charge is -2.02. The van der Waals surface area contributed by atoms with E-state index in [1.54, 1.807) is 6.92 Å². The van der Waals surface area contributed by atoms with E-state index in [1.165, 1.54) is 5.49 Å². The molecule has 3 nitrogen and oxygen atoms in total. The second kappa shape index (κ2) is 5.85. The van der Waals surface area contributed by atoms with Crippen molar-refractivity contribution in [2.45, 2.75) is 6.92 Å². The Kier molecular flexibility index (Phi) is 5.37. The van der Waals surface area contributed by atoms with Gasteiger partial charge < -0.3 is 10.1 Å². The number of nitrogens with one attached hydrogen (secondary N) is 1. The maximum absolute atomic E-state index is 10.7. The van der Waals surface area contributed by atoms with Crippen LogP contribution in [0.4, 0.5) is 0 Å². The van der Waals surface area contributed by atoms with E-state index in [9.17, 15) is 4.79 Å². The number of carbonyl (C=O) groups excluding carboxylic acids is 1. The van der Waals surface area contributed by atoms with E-state index in [0.29, 0.717) is 18.7 Å². The van der Waals surface area contributed by atoms with Crippen LogP contribution in [0.5, 0.6) is 0 Å². The Labute approximate surface area is 71.4 Å². The van der Waals surface area contributed by atoms with Gasteiger partial charge in [0.1, 0.15) is 6.61 Å². The summed E-state index contributed by atoms with van der Waals surface area (Å²) < 4.78 is 4.74. The van der Waals surface area contributed by atoms with Crippen LogP contribution in [0.3, 0.4) is 0 Å². The van der Waals surface area contributed by atoms with Crippen LogP contribution in [0.15, 0.2) is 12.2 Å². The Hall–Kier alpha value is -0.900. The van der Waals surface area contributed by atoms with Crippen molar-refractivity contribution in [1.29, 1.82) is 0 Å². The topological polar surface area (TPSA) is 38.3 Å². The van der Waals surface area contributed by atoms with Crippen LogP contribution in [0, 0.1) is 0 Å². The molecule has 0 saturated heterocycles. The van der Waals surface area contributed by atoms with E-state index in [0.717, 1.165) is 0 Å². The van der Waals surface area contributed by atoms with Crippen molar-refractivity contribution in [3.8, 4) is 0 Å². The molecule has 0 spiro atoms. The Morgan fingerprint density at radius 2 is 2.45 bits per heavy atom. The van der Waals surface area contributed by atoms with Crippen LogP contribution in [-0.4, -0.2) is 24.6 Å². The van der Waals surface area contributed by atoms with E-state index in [-0.39, 0.29) is 5.97 Å². The summed E-state index contributed by atoms with van der Waals surface area (Å²) in [6, 6.07) is 0. The maximum atomic E-state index is 10.7. The first-order valence-corrected chi connectivity index (χ1v) is 3.65. The SMILES string of the molecule is C=C(C)C(=O)OCCNC=S. The molecule has 0 radical (unpaired) electrons. The van der Waals surface area contributed by atoms with Gasteiger partial charge in [0.25, 0.3) is 0 Å². The standard InChI is InChI=1S/C7H11NO2S/c1-6(2)7(9)10-4-3-8-5-11/h5H,1,3-4H2,2H3,(H,8,11). The first-order chi connectivity index (χ1) is 5.18. The zero-order chi connectivity index (χ0) is 8.69. The van der Waals surface area contributed by atoms with Gasteiger partial charge in [0.2, 0.25) is 0 Å². The molecule has 0 unspecified atom stereocenters. The highest BCUT2D eigenvalue weighted by molar-refractivity contribution is 7.78. The monoisotopic (exact) mass is 173 g/mol. The Morgan fingerprint density at radius 3 is 2.91 bits per heavy atom. The molecule has 0 aromatic carbocycles. The minimum atomic E-state index is -0.365. The molecule has 0 aromatic heterocycles. The van der Waals surface area contributed by atoms with Gasteiger partial charge in [-0.3, -0.25) is 0 Å². The highest BCUT2D eigenvalue weighted by Gasteiger charge is 2.00. The summed E-state index contributed by atoms with van der Waals surface area (Å²) in [5.41, 5.74) is 1.79. The second-order valence-electron chi connectivity index (χ2n) is 1.99. The van der Waals surface area contributed by atoms with Gasteiger partial charge in [-0.05, 0) is 6.92 Å². The van der Waals surface area contributed by atoms with Crippen molar-refractivity contribution in [2.75, 3.05) is 13.2 Å². The average Bonchev–Trinajstić information content (AvgIpc) is 1.97. The Morgan fingerprint density at radius 1 is 1.82 bits per heavy atom. The van der Waals surface area contributed by atoms with Crippen molar-refractivity contribution >= 4 is 23.7 Å². The normalized spacial score (nSPS) is 8.45. The van der Waals surface area contributed by atoms with Crippen molar-refractivity contribution in [3.05, 3.63) is 12.2 Å². The third kappa shape index (κ3) is 5.54.